The molecule has 8 nitrogen and oxygen atoms in total. The predicted molar refractivity (Wildman–Crippen MR) is 162 cm³/mol. The van der Waals surface area contributed by atoms with Gasteiger partial charge >= 0.3 is 0 Å². The van der Waals surface area contributed by atoms with Gasteiger partial charge < -0.3 is 29.9 Å². The van der Waals surface area contributed by atoms with Crippen LogP contribution in [0, 0.1) is 0 Å². The van der Waals surface area contributed by atoms with Gasteiger partial charge in [-0.1, -0.05) is 35.3 Å². The lowest BCUT2D eigenvalue weighted by Crippen LogP contribution is -2.47. The molecule has 0 aliphatic carbocycles. The molecule has 1 aliphatic heterocycles. The first-order valence-electron chi connectivity index (χ1n) is 13.3. The van der Waals surface area contributed by atoms with E-state index in [1.54, 1.807) is 25.3 Å². The Morgan fingerprint density at radius 3 is 2.30 bits per heavy atom. The average Bonchev–Trinajstić information content (AvgIpc) is 2.98. The summed E-state index contributed by atoms with van der Waals surface area (Å²) >= 11 is 12.1. The molecule has 0 saturated carbocycles. The zero-order chi connectivity index (χ0) is 28.5. The fourth-order valence-corrected chi connectivity index (χ4v) is 4.91. The van der Waals surface area contributed by atoms with Gasteiger partial charge in [0, 0.05) is 62.9 Å². The minimum atomic E-state index is -0.347. The predicted octanol–water partition coefficient (Wildman–Crippen LogP) is 5.74. The van der Waals surface area contributed by atoms with E-state index < -0.39 is 0 Å². The van der Waals surface area contributed by atoms with Crippen molar-refractivity contribution >= 4 is 52.1 Å². The largest absolute Gasteiger partial charge is 0.495 e. The molecule has 1 fully saturated rings. The maximum absolute atomic E-state index is 13.3. The lowest BCUT2D eigenvalue weighted by molar-refractivity contribution is 0.0943. The van der Waals surface area contributed by atoms with E-state index in [4.69, 9.17) is 32.7 Å². The highest BCUT2D eigenvalue weighted by molar-refractivity contribution is 6.42. The number of para-hydroxylation sites is 2. The number of nitrogens with one attached hydrogen (secondary N) is 2. The van der Waals surface area contributed by atoms with Crippen LogP contribution < -0.4 is 25.2 Å². The van der Waals surface area contributed by atoms with Crippen molar-refractivity contribution in [3.63, 3.8) is 0 Å². The highest BCUT2D eigenvalue weighted by Crippen LogP contribution is 2.31. The Balaban J connectivity index is 1.52. The van der Waals surface area contributed by atoms with E-state index in [9.17, 15) is 9.59 Å². The second-order valence-electron chi connectivity index (χ2n) is 9.27. The molecule has 10 heteroatoms. The third kappa shape index (κ3) is 7.38. The van der Waals surface area contributed by atoms with E-state index in [0.29, 0.717) is 53.0 Å². The summed E-state index contributed by atoms with van der Waals surface area (Å²) in [4.78, 5) is 30.7. The second kappa shape index (κ2) is 14.3. The molecule has 0 atom stereocenters. The fourth-order valence-electron chi connectivity index (χ4n) is 4.61. The van der Waals surface area contributed by atoms with E-state index >= 15 is 0 Å². The monoisotopic (exact) mass is 584 g/mol. The number of hydrogen-bond donors (Lipinski definition) is 2. The molecule has 3 aromatic rings. The number of hydrogen-bond acceptors (Lipinski definition) is 6. The van der Waals surface area contributed by atoms with Crippen LogP contribution >= 0.6 is 23.2 Å². The molecule has 0 spiro atoms. The number of halogens is 2. The van der Waals surface area contributed by atoms with Crippen LogP contribution in [0.5, 0.6) is 5.75 Å². The standard InChI is InChI=1S/C30H34Cl2N4O4/c1-3-40-18-6-13-33-30(38)23-20-22(34-29(37)21-9-11-24(31)25(32)19-21)10-12-26(23)35-14-16-36(17-15-35)27-7-4-5-8-28(27)39-2/h4-5,7-12,19-20H,3,6,13-18H2,1-2H3,(H,33,38)(H,34,37). The molecule has 2 N–H and O–H groups in total. The number of nitrogens with zero attached hydrogens (tertiary/aromatic N) is 2. The minimum Gasteiger partial charge on any atom is -0.495 e. The van der Waals surface area contributed by atoms with E-state index in [0.717, 1.165) is 43.3 Å². The normalized spacial score (nSPS) is 13.2. The summed E-state index contributed by atoms with van der Waals surface area (Å²) in [5.74, 6) is 0.286. The van der Waals surface area contributed by atoms with Gasteiger partial charge in [-0.05, 0) is 61.9 Å². The van der Waals surface area contributed by atoms with E-state index in [1.807, 2.05) is 37.3 Å². The second-order valence-corrected chi connectivity index (χ2v) is 10.1. The van der Waals surface area contributed by atoms with Crippen molar-refractivity contribution < 1.29 is 19.1 Å². The van der Waals surface area contributed by atoms with Gasteiger partial charge in [0.15, 0.2) is 0 Å². The van der Waals surface area contributed by atoms with Gasteiger partial charge in [0.25, 0.3) is 11.8 Å². The molecule has 0 aromatic heterocycles. The average molecular weight is 586 g/mol. The Hall–Kier alpha value is -3.46. The first-order chi connectivity index (χ1) is 19.4. The third-order valence-electron chi connectivity index (χ3n) is 6.68. The van der Waals surface area contributed by atoms with Gasteiger partial charge in [-0.15, -0.1) is 0 Å². The number of rotatable bonds is 11. The molecule has 1 aliphatic rings. The van der Waals surface area contributed by atoms with Crippen molar-refractivity contribution in [1.82, 2.24) is 5.32 Å². The first-order valence-corrected chi connectivity index (χ1v) is 14.1. The highest BCUT2D eigenvalue weighted by atomic mass is 35.5. The minimum absolute atomic E-state index is 0.204. The van der Waals surface area contributed by atoms with Gasteiger partial charge in [-0.25, -0.2) is 0 Å². The molecule has 0 radical (unpaired) electrons. The van der Waals surface area contributed by atoms with E-state index in [2.05, 4.69) is 26.5 Å². The molecule has 0 unspecified atom stereocenters. The molecule has 1 heterocycles. The maximum atomic E-state index is 13.3. The molecule has 2 amide bonds. The van der Waals surface area contributed by atoms with Crippen LogP contribution in [0.4, 0.5) is 17.1 Å². The number of carbonyl (C=O) groups is 2. The van der Waals surface area contributed by atoms with E-state index in [-0.39, 0.29) is 11.8 Å². The van der Waals surface area contributed by atoms with Gasteiger partial charge in [0.1, 0.15) is 5.75 Å². The molecule has 0 bridgehead atoms. The topological polar surface area (TPSA) is 83.1 Å². The van der Waals surface area contributed by atoms with Gasteiger partial charge in [0.2, 0.25) is 0 Å². The van der Waals surface area contributed by atoms with Crippen LogP contribution in [0.3, 0.4) is 0 Å². The fraction of sp³-hybridized carbons (Fsp3) is 0.333. The van der Waals surface area contributed by atoms with Crippen LogP contribution in [-0.2, 0) is 4.74 Å². The van der Waals surface area contributed by atoms with Crippen molar-refractivity contribution in [2.45, 2.75) is 13.3 Å². The quantitative estimate of drug-likeness (QED) is 0.280. The summed E-state index contributed by atoms with van der Waals surface area (Å²) in [7, 11) is 1.68. The molecular formula is C30H34Cl2N4O4. The van der Waals surface area contributed by atoms with Gasteiger partial charge in [-0.3, -0.25) is 9.59 Å². The zero-order valence-electron chi connectivity index (χ0n) is 22.7. The molecule has 212 valence electrons. The molecule has 4 rings (SSSR count). The number of amides is 2. The number of anilines is 3. The Morgan fingerprint density at radius 1 is 0.875 bits per heavy atom. The van der Waals surface area contributed by atoms with Crippen molar-refractivity contribution in [2.75, 3.05) is 68.2 Å². The maximum Gasteiger partial charge on any atom is 0.255 e. The third-order valence-corrected chi connectivity index (χ3v) is 7.42. The SMILES string of the molecule is CCOCCCNC(=O)c1cc(NC(=O)c2ccc(Cl)c(Cl)c2)ccc1N1CCN(c2ccccc2OC)CC1. The zero-order valence-corrected chi connectivity index (χ0v) is 24.2. The van der Waals surface area contributed by atoms with Crippen LogP contribution in [0.1, 0.15) is 34.1 Å². The first kappa shape index (κ1) is 29.5. The number of benzene rings is 3. The van der Waals surface area contributed by atoms with Crippen molar-refractivity contribution in [3.05, 3.63) is 81.8 Å². The highest BCUT2D eigenvalue weighted by Gasteiger charge is 2.24. The van der Waals surface area contributed by atoms with Gasteiger partial charge in [-0.2, -0.15) is 0 Å². The number of piperazine rings is 1. The van der Waals surface area contributed by atoms with Crippen LogP contribution in [0.2, 0.25) is 10.0 Å². The molecule has 1 saturated heterocycles. The summed E-state index contributed by atoms with van der Waals surface area (Å²) < 4.78 is 10.9. The summed E-state index contributed by atoms with van der Waals surface area (Å²) in [5, 5.41) is 6.54. The van der Waals surface area contributed by atoms with Crippen molar-refractivity contribution in [2.24, 2.45) is 0 Å². The number of ether oxygens (including phenoxy) is 2. The Bertz CT molecular complexity index is 1330. The molecular weight excluding hydrogens is 551 g/mol. The Labute approximate surface area is 245 Å². The number of carbonyl (C=O) groups excluding carboxylic acids is 2. The van der Waals surface area contributed by atoms with Gasteiger partial charge in [0.05, 0.1) is 28.4 Å². The van der Waals surface area contributed by atoms with E-state index in [1.165, 1.54) is 6.07 Å². The van der Waals surface area contributed by atoms with Crippen LogP contribution in [0.25, 0.3) is 0 Å². The summed E-state index contributed by atoms with van der Waals surface area (Å²) in [5.41, 5.74) is 3.24. The van der Waals surface area contributed by atoms with Crippen molar-refractivity contribution in [3.8, 4) is 5.75 Å². The lowest BCUT2D eigenvalue weighted by Gasteiger charge is -2.38. The Kier molecular flexibility index (Phi) is 10.5. The Morgan fingerprint density at radius 2 is 1.60 bits per heavy atom. The summed E-state index contributed by atoms with van der Waals surface area (Å²) in [6.07, 6.45) is 0.709. The smallest absolute Gasteiger partial charge is 0.255 e. The number of methoxy groups -OCH3 is 1. The van der Waals surface area contributed by atoms with Crippen LogP contribution in [-0.4, -0.2) is 64.9 Å². The molecule has 3 aromatic carbocycles. The summed E-state index contributed by atoms with van der Waals surface area (Å²) in [6, 6.07) is 18.1. The van der Waals surface area contributed by atoms with Crippen LogP contribution in [0.15, 0.2) is 60.7 Å². The summed E-state index contributed by atoms with van der Waals surface area (Å²) in [6.45, 7) is 6.62. The lowest BCUT2D eigenvalue weighted by atomic mass is 10.1. The van der Waals surface area contributed by atoms with Crippen molar-refractivity contribution in [1.29, 1.82) is 0 Å². The molecule has 40 heavy (non-hydrogen) atoms.